The number of hydrogen-bond acceptors (Lipinski definition) is 4. The SMILES string of the molecule is Cc1nn(-c2ccccc2Cl)c2sc(C(=O)Nc3ccc(C(=O)N4CCCC4)cc3)cc12. The first-order valence-corrected chi connectivity index (χ1v) is 11.7. The Labute approximate surface area is 194 Å². The van der Waals surface area contributed by atoms with Crippen LogP contribution in [-0.2, 0) is 0 Å². The van der Waals surface area contributed by atoms with E-state index in [2.05, 4.69) is 10.4 Å². The van der Waals surface area contributed by atoms with Crippen molar-refractivity contribution in [2.75, 3.05) is 18.4 Å². The molecule has 0 aliphatic carbocycles. The number of nitrogens with one attached hydrogen (secondary N) is 1. The predicted octanol–water partition coefficient (Wildman–Crippen LogP) is 5.54. The number of likely N-dealkylation sites (tertiary alicyclic amines) is 1. The molecule has 162 valence electrons. The van der Waals surface area contributed by atoms with Gasteiger partial charge in [-0.3, -0.25) is 9.59 Å². The number of para-hydroxylation sites is 1. The Morgan fingerprint density at radius 3 is 2.50 bits per heavy atom. The number of thiophene rings is 1. The average Bonchev–Trinajstić information content (AvgIpc) is 3.53. The van der Waals surface area contributed by atoms with Crippen molar-refractivity contribution in [3.63, 3.8) is 0 Å². The summed E-state index contributed by atoms with van der Waals surface area (Å²) in [7, 11) is 0. The van der Waals surface area contributed by atoms with Crippen molar-refractivity contribution in [3.8, 4) is 5.69 Å². The third-order valence-corrected chi connectivity index (χ3v) is 7.06. The van der Waals surface area contributed by atoms with E-state index in [1.807, 2.05) is 42.2 Å². The minimum absolute atomic E-state index is 0.0458. The molecule has 8 heteroatoms. The van der Waals surface area contributed by atoms with E-state index in [0.717, 1.165) is 47.5 Å². The molecule has 1 saturated heterocycles. The van der Waals surface area contributed by atoms with Crippen LogP contribution >= 0.6 is 22.9 Å². The Hall–Kier alpha value is -3.16. The first-order valence-electron chi connectivity index (χ1n) is 10.5. The van der Waals surface area contributed by atoms with Crippen molar-refractivity contribution in [2.24, 2.45) is 0 Å². The summed E-state index contributed by atoms with van der Waals surface area (Å²) < 4.78 is 1.78. The maximum Gasteiger partial charge on any atom is 0.265 e. The lowest BCUT2D eigenvalue weighted by atomic mass is 10.2. The van der Waals surface area contributed by atoms with Crippen LogP contribution in [-0.4, -0.2) is 39.6 Å². The van der Waals surface area contributed by atoms with E-state index < -0.39 is 0 Å². The molecule has 2 aromatic carbocycles. The number of anilines is 1. The molecule has 0 unspecified atom stereocenters. The molecular formula is C24H21ClN4O2S. The van der Waals surface area contributed by atoms with Gasteiger partial charge in [0, 0.05) is 29.7 Å². The molecule has 1 aliphatic heterocycles. The van der Waals surface area contributed by atoms with Gasteiger partial charge in [0.25, 0.3) is 11.8 Å². The van der Waals surface area contributed by atoms with Crippen LogP contribution in [0.3, 0.4) is 0 Å². The fraction of sp³-hybridized carbons (Fsp3) is 0.208. The summed E-state index contributed by atoms with van der Waals surface area (Å²) in [6.45, 7) is 3.54. The molecule has 0 saturated carbocycles. The molecule has 0 radical (unpaired) electrons. The number of nitrogens with zero attached hydrogens (tertiary/aromatic N) is 3. The van der Waals surface area contributed by atoms with E-state index in [1.54, 1.807) is 28.9 Å². The van der Waals surface area contributed by atoms with Gasteiger partial charge in [0.15, 0.2) is 0 Å². The largest absolute Gasteiger partial charge is 0.339 e. The molecule has 6 nitrogen and oxygen atoms in total. The molecule has 1 fully saturated rings. The number of benzene rings is 2. The van der Waals surface area contributed by atoms with E-state index >= 15 is 0 Å². The number of amides is 2. The zero-order chi connectivity index (χ0) is 22.2. The third-order valence-electron chi connectivity index (χ3n) is 5.63. The Morgan fingerprint density at radius 1 is 1.06 bits per heavy atom. The van der Waals surface area contributed by atoms with Crippen LogP contribution in [0.5, 0.6) is 0 Å². The molecule has 2 aromatic heterocycles. The summed E-state index contributed by atoms with van der Waals surface area (Å²) in [6, 6.07) is 16.4. The zero-order valence-corrected chi connectivity index (χ0v) is 19.0. The molecule has 3 heterocycles. The minimum atomic E-state index is -0.199. The summed E-state index contributed by atoms with van der Waals surface area (Å²) in [4.78, 5) is 28.7. The number of aryl methyl sites for hydroxylation is 1. The molecule has 5 rings (SSSR count). The van der Waals surface area contributed by atoms with Crippen LogP contribution in [0, 0.1) is 6.92 Å². The molecule has 1 aliphatic rings. The second-order valence-corrected chi connectivity index (χ2v) is 9.25. The molecular weight excluding hydrogens is 444 g/mol. The van der Waals surface area contributed by atoms with E-state index in [9.17, 15) is 9.59 Å². The third kappa shape index (κ3) is 3.78. The van der Waals surface area contributed by atoms with E-state index in [1.165, 1.54) is 11.3 Å². The second-order valence-electron chi connectivity index (χ2n) is 7.81. The van der Waals surface area contributed by atoms with Crippen LogP contribution in [0.2, 0.25) is 5.02 Å². The summed E-state index contributed by atoms with van der Waals surface area (Å²) in [5.41, 5.74) is 2.90. The average molecular weight is 465 g/mol. The van der Waals surface area contributed by atoms with Gasteiger partial charge in [-0.05, 0) is 62.2 Å². The van der Waals surface area contributed by atoms with Gasteiger partial charge in [0.1, 0.15) is 4.83 Å². The fourth-order valence-electron chi connectivity index (χ4n) is 3.94. The maximum atomic E-state index is 12.9. The number of aromatic nitrogens is 2. The monoisotopic (exact) mass is 464 g/mol. The van der Waals surface area contributed by atoms with Crippen LogP contribution in [0.25, 0.3) is 15.9 Å². The normalized spacial score (nSPS) is 13.6. The highest BCUT2D eigenvalue weighted by molar-refractivity contribution is 7.20. The van der Waals surface area contributed by atoms with Crippen molar-refractivity contribution in [3.05, 3.63) is 75.8 Å². The first-order chi connectivity index (χ1) is 15.5. The maximum absolute atomic E-state index is 12.9. The van der Waals surface area contributed by atoms with E-state index in [-0.39, 0.29) is 11.8 Å². The molecule has 0 spiro atoms. The van der Waals surface area contributed by atoms with E-state index in [4.69, 9.17) is 11.6 Å². The molecule has 0 atom stereocenters. The highest BCUT2D eigenvalue weighted by Crippen LogP contribution is 2.32. The zero-order valence-electron chi connectivity index (χ0n) is 17.5. The standard InChI is InChI=1S/C24H21ClN4O2S/c1-15-18-14-21(32-24(18)29(27-15)20-7-3-2-6-19(20)25)22(30)26-17-10-8-16(9-11-17)23(31)28-12-4-5-13-28/h2-3,6-11,14H,4-5,12-13H2,1H3,(H,26,30). The summed E-state index contributed by atoms with van der Waals surface area (Å²) in [5, 5.41) is 9.04. The first kappa shape index (κ1) is 20.7. The summed E-state index contributed by atoms with van der Waals surface area (Å²) >= 11 is 7.73. The molecule has 1 N–H and O–H groups in total. The molecule has 0 bridgehead atoms. The lowest BCUT2D eigenvalue weighted by molar-refractivity contribution is 0.0792. The van der Waals surface area contributed by atoms with E-state index in [0.29, 0.717) is 21.2 Å². The van der Waals surface area contributed by atoms with Crippen molar-refractivity contribution >= 4 is 50.7 Å². The number of halogens is 1. The Kier molecular flexibility index (Phi) is 5.45. The highest BCUT2D eigenvalue weighted by Gasteiger charge is 2.20. The quantitative estimate of drug-likeness (QED) is 0.431. The fourth-order valence-corrected chi connectivity index (χ4v) is 5.22. The summed E-state index contributed by atoms with van der Waals surface area (Å²) in [6.07, 6.45) is 2.12. The summed E-state index contributed by atoms with van der Waals surface area (Å²) in [5.74, 6) is -0.153. The number of fused-ring (bicyclic) bond motifs is 1. The van der Waals surface area contributed by atoms with Crippen molar-refractivity contribution in [1.82, 2.24) is 14.7 Å². The van der Waals surface area contributed by atoms with Gasteiger partial charge in [-0.1, -0.05) is 23.7 Å². The molecule has 4 aromatic rings. The number of rotatable bonds is 4. The topological polar surface area (TPSA) is 67.2 Å². The van der Waals surface area contributed by atoms with Crippen molar-refractivity contribution in [1.29, 1.82) is 0 Å². The Morgan fingerprint density at radius 2 is 1.78 bits per heavy atom. The van der Waals surface area contributed by atoms with Gasteiger partial charge < -0.3 is 10.2 Å². The van der Waals surface area contributed by atoms with Crippen molar-refractivity contribution < 1.29 is 9.59 Å². The second kappa shape index (κ2) is 8.41. The van der Waals surface area contributed by atoms with Crippen LogP contribution in [0.1, 0.15) is 38.6 Å². The van der Waals surface area contributed by atoms with Gasteiger partial charge in [0.2, 0.25) is 0 Å². The molecule has 2 amide bonds. The Bertz CT molecular complexity index is 1320. The predicted molar refractivity (Wildman–Crippen MR) is 128 cm³/mol. The van der Waals surface area contributed by atoms with Crippen LogP contribution < -0.4 is 5.32 Å². The molecule has 32 heavy (non-hydrogen) atoms. The van der Waals surface area contributed by atoms with Crippen LogP contribution in [0.15, 0.2) is 54.6 Å². The number of carbonyl (C=O) groups is 2. The van der Waals surface area contributed by atoms with Crippen LogP contribution in [0.4, 0.5) is 5.69 Å². The van der Waals surface area contributed by atoms with Gasteiger partial charge in [0.05, 0.1) is 21.3 Å². The lowest BCUT2D eigenvalue weighted by Crippen LogP contribution is -2.27. The van der Waals surface area contributed by atoms with Gasteiger partial charge in [-0.25, -0.2) is 4.68 Å². The van der Waals surface area contributed by atoms with Gasteiger partial charge in [-0.15, -0.1) is 11.3 Å². The van der Waals surface area contributed by atoms with Gasteiger partial charge >= 0.3 is 0 Å². The van der Waals surface area contributed by atoms with Crippen molar-refractivity contribution in [2.45, 2.75) is 19.8 Å². The minimum Gasteiger partial charge on any atom is -0.339 e. The smallest absolute Gasteiger partial charge is 0.265 e. The highest BCUT2D eigenvalue weighted by atomic mass is 35.5. The van der Waals surface area contributed by atoms with Gasteiger partial charge in [-0.2, -0.15) is 5.10 Å². The Balaban J connectivity index is 1.37. The number of hydrogen-bond donors (Lipinski definition) is 1. The number of carbonyl (C=O) groups excluding carboxylic acids is 2. The lowest BCUT2D eigenvalue weighted by Gasteiger charge is -2.15.